The van der Waals surface area contributed by atoms with Gasteiger partial charge in [0.05, 0.1) is 12.6 Å². The number of carbonyl (C=O) groups excluding carboxylic acids is 13. The highest BCUT2D eigenvalue weighted by atomic mass is 32.2. The normalized spacial score (nSPS) is 16.8. The van der Waals surface area contributed by atoms with E-state index in [0.29, 0.717) is 55.4 Å². The Kier molecular flexibility index (Phi) is 33.9. The maximum atomic E-state index is 14.7. The lowest BCUT2D eigenvalue weighted by atomic mass is 10.0. The number of nitrogens with one attached hydrogen (secondary N) is 8. The largest absolute Gasteiger partial charge is 0.370 e. The van der Waals surface area contributed by atoms with Crippen LogP contribution in [0.2, 0.25) is 0 Å². The number of carbonyl (C=O) groups is 13. The van der Waals surface area contributed by atoms with E-state index in [0.717, 1.165) is 0 Å². The molecule has 4 rings (SSSR count). The number of nitrogens with zero attached hydrogens (tertiary/aromatic N) is 3. The van der Waals surface area contributed by atoms with Gasteiger partial charge in [0, 0.05) is 45.3 Å². The smallest absolute Gasteiger partial charge is 0.245 e. The number of rotatable bonds is 42. The molecule has 22 N–H and O–H groups in total. The Morgan fingerprint density at radius 3 is 1.51 bits per heavy atom. The van der Waals surface area contributed by atoms with Crippen LogP contribution in [0.15, 0.2) is 65.7 Å². The summed E-state index contributed by atoms with van der Waals surface area (Å²) in [7, 11) is 0. The molecule has 2 fully saturated rings. The zero-order chi connectivity index (χ0) is 70.1. The number of amides is 13. The highest BCUT2D eigenvalue weighted by Crippen LogP contribution is 2.24. The predicted octanol–water partition coefficient (Wildman–Crippen LogP) is -3.71. The zero-order valence-corrected chi connectivity index (χ0v) is 55.3. The first kappa shape index (κ1) is 78.5. The number of likely N-dealkylation sites (tertiary alicyclic amines) is 2. The first-order valence-corrected chi connectivity index (χ1v) is 33.6. The van der Waals surface area contributed by atoms with Gasteiger partial charge in [0.2, 0.25) is 76.8 Å². The Labute approximate surface area is 558 Å². The van der Waals surface area contributed by atoms with Crippen molar-refractivity contribution in [3.63, 3.8) is 0 Å². The van der Waals surface area contributed by atoms with Crippen molar-refractivity contribution in [2.75, 3.05) is 44.7 Å². The molecule has 2 aromatic carbocycles. The van der Waals surface area contributed by atoms with E-state index in [1.54, 1.807) is 60.7 Å². The van der Waals surface area contributed by atoms with E-state index >= 15 is 0 Å². The Hall–Kier alpha value is -8.91. The Balaban J connectivity index is 1.56. The summed E-state index contributed by atoms with van der Waals surface area (Å²) in [5.74, 6) is -9.80. The number of benzene rings is 2. The van der Waals surface area contributed by atoms with Gasteiger partial charge in [-0.1, -0.05) is 74.5 Å². The summed E-state index contributed by atoms with van der Waals surface area (Å²) >= 11 is 1.45. The second-order valence-corrected chi connectivity index (χ2v) is 25.1. The number of nitrogens with two attached hydrogens (primary N) is 7. The molecule has 95 heavy (non-hydrogen) atoms. The number of unbranched alkanes of at least 4 members (excludes halogenated alkanes) is 1. The molecule has 0 unspecified atom stereocenters. The van der Waals surface area contributed by atoms with Crippen LogP contribution in [-0.2, 0) is 75.2 Å². The van der Waals surface area contributed by atoms with Crippen molar-refractivity contribution < 1.29 is 62.3 Å². The van der Waals surface area contributed by atoms with Crippen molar-refractivity contribution in [2.45, 2.75) is 183 Å². The molecule has 2 heterocycles. The van der Waals surface area contributed by atoms with Crippen LogP contribution in [0.25, 0.3) is 0 Å². The SMILES string of the molecule is CSCC[C@H](NC(=O)[C@H](CC(C)C)NC(=O)CNC(=O)[C@H](Cc1ccccc1)NC(=O)[C@@H](Cc1ccccc1)NC(=O)[C@@H](CCC(N)=O)NC(=O)[C@@H](CCC(N)=O)NC(=O)[C@@H]1CCCN1C(=O)[C@H](CCCCN)NC(=O)[C@H]1CCCN1C(=O)[C@@H](N)CCCN=C(N)N)C(N)=O. The molecule has 0 saturated carbocycles. The standard InChI is InChI=1S/C63H98N18O13S/c1-37(2)33-45(57(89)74-41(53(68)85)27-32-95-3)73-52(84)36-72-54(86)46(34-38-15-6-4-7-16-38)78-58(90)47(35-39-17-8-5-9-18-39)79-56(88)42(23-25-50(66)82)75-55(87)43(24-26-51(67)83)76-59(91)49-22-14-31-81(49)62(94)44(20-10-11-28-64)77-60(92)48-21-13-30-80(48)61(93)40(65)19-12-29-71-63(69)70/h4-9,15-18,37,40-49H,10-14,19-36,64-65H2,1-3H3,(H2,66,82)(H2,67,83)(H2,68,85)(H,72,86)(H,73,84)(H,74,89)(H,75,87)(H,76,91)(H,77,92)(H,78,90)(H,79,88)(H4,69,70,71)/t40-,41-,42+,43+,44-,45-,46-,47+,48+,49-/m0/s1. The minimum Gasteiger partial charge on any atom is -0.370 e. The molecular weight excluding hydrogens is 1250 g/mol. The van der Waals surface area contributed by atoms with Crippen molar-refractivity contribution in [2.24, 2.45) is 51.0 Å². The Morgan fingerprint density at radius 2 is 1.01 bits per heavy atom. The summed E-state index contributed by atoms with van der Waals surface area (Å²) in [6.45, 7) is 3.86. The lowest BCUT2D eigenvalue weighted by molar-refractivity contribution is -0.144. The maximum Gasteiger partial charge on any atom is 0.245 e. The molecule has 2 aliphatic rings. The molecule has 2 aliphatic heterocycles. The Bertz CT molecular complexity index is 2960. The first-order chi connectivity index (χ1) is 45.2. The minimum absolute atomic E-state index is 0.0736. The molecule has 0 aliphatic carbocycles. The molecule has 31 nitrogen and oxygen atoms in total. The summed E-state index contributed by atoms with van der Waals surface area (Å²) in [6.07, 6.45) is 3.12. The van der Waals surface area contributed by atoms with Gasteiger partial charge in [-0.15, -0.1) is 0 Å². The summed E-state index contributed by atoms with van der Waals surface area (Å²) in [6, 6.07) is 4.51. The van der Waals surface area contributed by atoms with Crippen molar-refractivity contribution in [1.82, 2.24) is 52.3 Å². The van der Waals surface area contributed by atoms with Crippen LogP contribution in [-0.4, -0.2) is 198 Å². The van der Waals surface area contributed by atoms with Gasteiger partial charge < -0.3 is 92.5 Å². The van der Waals surface area contributed by atoms with E-state index in [-0.39, 0.29) is 83.0 Å². The summed E-state index contributed by atoms with van der Waals surface area (Å²) in [5.41, 5.74) is 40.6. The summed E-state index contributed by atoms with van der Waals surface area (Å²) in [4.78, 5) is 185. The fourth-order valence-electron chi connectivity index (χ4n) is 11.0. The molecule has 0 radical (unpaired) electrons. The lowest BCUT2D eigenvalue weighted by Gasteiger charge is -2.32. The third kappa shape index (κ3) is 27.5. The third-order valence-electron chi connectivity index (χ3n) is 16.0. The van der Waals surface area contributed by atoms with Gasteiger partial charge in [0.15, 0.2) is 5.96 Å². The monoisotopic (exact) mass is 1350 g/mol. The highest BCUT2D eigenvalue weighted by Gasteiger charge is 2.42. The van der Waals surface area contributed by atoms with Crippen LogP contribution in [0, 0.1) is 5.92 Å². The first-order valence-electron chi connectivity index (χ1n) is 32.2. The number of aliphatic imine (C=N–C) groups is 1. The number of thioether (sulfide) groups is 1. The molecular formula is C63H98N18O13S. The van der Waals surface area contributed by atoms with E-state index < -0.39 is 169 Å². The van der Waals surface area contributed by atoms with Gasteiger partial charge in [-0.3, -0.25) is 67.3 Å². The minimum atomic E-state index is -1.64. The molecule has 13 amide bonds. The third-order valence-corrected chi connectivity index (χ3v) is 16.7. The molecule has 0 spiro atoms. The summed E-state index contributed by atoms with van der Waals surface area (Å²) < 4.78 is 0. The van der Waals surface area contributed by atoms with Crippen LogP contribution in [0.5, 0.6) is 0 Å². The van der Waals surface area contributed by atoms with E-state index in [1.807, 2.05) is 20.1 Å². The van der Waals surface area contributed by atoms with E-state index in [2.05, 4.69) is 47.5 Å². The van der Waals surface area contributed by atoms with Crippen LogP contribution < -0.4 is 82.7 Å². The zero-order valence-electron chi connectivity index (χ0n) is 54.5. The molecule has 0 bridgehead atoms. The number of hydrogen-bond donors (Lipinski definition) is 15. The van der Waals surface area contributed by atoms with Gasteiger partial charge in [-0.05, 0) is 119 Å². The van der Waals surface area contributed by atoms with Crippen molar-refractivity contribution in [3.8, 4) is 0 Å². The van der Waals surface area contributed by atoms with Crippen molar-refractivity contribution in [3.05, 3.63) is 71.8 Å². The van der Waals surface area contributed by atoms with Gasteiger partial charge in [0.1, 0.15) is 54.4 Å². The van der Waals surface area contributed by atoms with Crippen molar-refractivity contribution in [1.29, 1.82) is 0 Å². The highest BCUT2D eigenvalue weighted by molar-refractivity contribution is 7.98. The number of guanidine groups is 1. The van der Waals surface area contributed by atoms with Crippen LogP contribution >= 0.6 is 11.8 Å². The van der Waals surface area contributed by atoms with Crippen molar-refractivity contribution >= 4 is 94.5 Å². The van der Waals surface area contributed by atoms with Crippen LogP contribution in [0.3, 0.4) is 0 Å². The lowest BCUT2D eigenvalue weighted by Crippen LogP contribution is -2.60. The van der Waals surface area contributed by atoms with Gasteiger partial charge in [0.25, 0.3) is 0 Å². The second kappa shape index (κ2) is 41.0. The second-order valence-electron chi connectivity index (χ2n) is 24.1. The van der Waals surface area contributed by atoms with Crippen LogP contribution in [0.1, 0.15) is 121 Å². The fraction of sp³-hybridized carbons (Fsp3) is 0.587. The van der Waals surface area contributed by atoms with E-state index in [9.17, 15) is 62.3 Å². The maximum absolute atomic E-state index is 14.7. The van der Waals surface area contributed by atoms with E-state index in [4.69, 9.17) is 40.1 Å². The topological polar surface area (TPSA) is 519 Å². The number of primary amides is 3. The van der Waals surface area contributed by atoms with E-state index in [1.165, 1.54) is 21.6 Å². The molecule has 0 aromatic heterocycles. The average Bonchev–Trinajstić information content (AvgIpc) is 1.74. The molecule has 524 valence electrons. The fourth-order valence-corrected chi connectivity index (χ4v) is 11.5. The predicted molar refractivity (Wildman–Crippen MR) is 356 cm³/mol. The molecule has 2 saturated heterocycles. The van der Waals surface area contributed by atoms with Crippen LogP contribution in [0.4, 0.5) is 0 Å². The molecule has 2 aromatic rings. The quantitative estimate of drug-likeness (QED) is 0.0173. The van der Waals surface area contributed by atoms with Gasteiger partial charge >= 0.3 is 0 Å². The van der Waals surface area contributed by atoms with Gasteiger partial charge in [-0.2, -0.15) is 11.8 Å². The molecule has 10 atom stereocenters. The average molecular weight is 1350 g/mol. The number of hydrogen-bond acceptors (Lipinski definition) is 17. The Morgan fingerprint density at radius 1 is 0.537 bits per heavy atom. The van der Waals surface area contributed by atoms with Gasteiger partial charge in [-0.25, -0.2) is 0 Å². The summed E-state index contributed by atoms with van der Waals surface area (Å²) in [5, 5.41) is 21.1. The molecule has 32 heteroatoms.